The first-order valence-electron chi connectivity index (χ1n) is 13.3. The van der Waals surface area contributed by atoms with E-state index >= 15 is 0 Å². The van der Waals surface area contributed by atoms with E-state index in [4.69, 9.17) is 4.98 Å². The zero-order valence-corrected chi connectivity index (χ0v) is 23.3. The van der Waals surface area contributed by atoms with Gasteiger partial charge in [-0.15, -0.1) is 10.2 Å². The molecule has 2 aromatic carbocycles. The first kappa shape index (κ1) is 27.6. The Morgan fingerprint density at radius 3 is 2.53 bits per heavy atom. The SMILES string of the molecule is CCCCc1ncc(CNC(=O)[C@@H](CS)CC(C)C)n1Cc1ccc(-c2ccccc2-c2nn[nH]n2)cc1. The minimum absolute atomic E-state index is 0.0566. The van der Waals surface area contributed by atoms with Crippen LogP contribution in [-0.2, 0) is 24.3 Å². The van der Waals surface area contributed by atoms with E-state index in [0.29, 0.717) is 30.6 Å². The molecule has 0 bridgehead atoms. The fraction of sp³-hybridized carbons (Fsp3) is 0.414. The number of rotatable bonds is 13. The number of nitrogens with zero attached hydrogens (tertiary/aromatic N) is 5. The molecule has 2 heterocycles. The number of thiol groups is 1. The third-order valence-electron chi connectivity index (χ3n) is 6.68. The van der Waals surface area contributed by atoms with Crippen molar-refractivity contribution < 1.29 is 4.79 Å². The predicted octanol–water partition coefficient (Wildman–Crippen LogP) is 5.33. The van der Waals surface area contributed by atoms with Gasteiger partial charge in [0.05, 0.1) is 18.4 Å². The molecule has 2 N–H and O–H groups in total. The number of unbranched alkanes of at least 4 members (excludes halogenated alkanes) is 1. The summed E-state index contributed by atoms with van der Waals surface area (Å²) in [5, 5.41) is 17.7. The molecule has 0 aliphatic heterocycles. The molecule has 0 spiro atoms. The van der Waals surface area contributed by atoms with Gasteiger partial charge in [0.15, 0.2) is 0 Å². The number of amides is 1. The highest BCUT2D eigenvalue weighted by atomic mass is 32.1. The van der Waals surface area contributed by atoms with Crippen molar-refractivity contribution in [3.05, 3.63) is 71.8 Å². The van der Waals surface area contributed by atoms with Crippen molar-refractivity contribution >= 4 is 18.5 Å². The Balaban J connectivity index is 1.52. The molecule has 200 valence electrons. The summed E-state index contributed by atoms with van der Waals surface area (Å²) in [5.41, 5.74) is 5.25. The van der Waals surface area contributed by atoms with E-state index in [2.05, 4.69) is 94.2 Å². The lowest BCUT2D eigenvalue weighted by Crippen LogP contribution is -2.32. The van der Waals surface area contributed by atoms with Crippen LogP contribution in [0, 0.1) is 11.8 Å². The van der Waals surface area contributed by atoms with Crippen LogP contribution in [0.15, 0.2) is 54.7 Å². The molecule has 4 rings (SSSR count). The fourth-order valence-electron chi connectivity index (χ4n) is 4.66. The molecule has 0 aliphatic carbocycles. The first-order valence-corrected chi connectivity index (χ1v) is 14.0. The Morgan fingerprint density at radius 1 is 1.11 bits per heavy atom. The lowest BCUT2D eigenvalue weighted by molar-refractivity contribution is -0.124. The van der Waals surface area contributed by atoms with Crippen LogP contribution in [0.2, 0.25) is 0 Å². The Bertz CT molecular complexity index is 1300. The number of aromatic nitrogens is 6. The molecule has 0 unspecified atom stereocenters. The number of hydrogen-bond acceptors (Lipinski definition) is 6. The molecular formula is C29H37N7OS. The van der Waals surface area contributed by atoms with E-state index in [1.165, 1.54) is 5.56 Å². The van der Waals surface area contributed by atoms with Crippen LogP contribution < -0.4 is 5.32 Å². The highest BCUT2D eigenvalue weighted by Crippen LogP contribution is 2.30. The van der Waals surface area contributed by atoms with Crippen LogP contribution in [0.3, 0.4) is 0 Å². The van der Waals surface area contributed by atoms with Crippen LogP contribution in [0.1, 0.15) is 57.1 Å². The highest BCUT2D eigenvalue weighted by Gasteiger charge is 2.19. The lowest BCUT2D eigenvalue weighted by Gasteiger charge is -2.18. The Labute approximate surface area is 230 Å². The third-order valence-corrected chi connectivity index (χ3v) is 7.13. The quantitative estimate of drug-likeness (QED) is 0.203. The van der Waals surface area contributed by atoms with Crippen molar-refractivity contribution in [2.75, 3.05) is 5.75 Å². The number of aryl methyl sites for hydroxylation is 1. The van der Waals surface area contributed by atoms with Gasteiger partial charge in [-0.2, -0.15) is 17.8 Å². The van der Waals surface area contributed by atoms with Gasteiger partial charge in [0.1, 0.15) is 5.82 Å². The summed E-state index contributed by atoms with van der Waals surface area (Å²) in [4.78, 5) is 17.5. The number of carbonyl (C=O) groups excluding carboxylic acids is 1. The Morgan fingerprint density at radius 2 is 1.87 bits per heavy atom. The molecule has 2 aromatic heterocycles. The van der Waals surface area contributed by atoms with Crippen molar-refractivity contribution in [3.8, 4) is 22.5 Å². The number of nitrogens with one attached hydrogen (secondary N) is 2. The number of H-pyrrole nitrogens is 1. The number of tetrazole rings is 1. The summed E-state index contributed by atoms with van der Waals surface area (Å²) in [6, 6.07) is 16.6. The minimum atomic E-state index is -0.0860. The van der Waals surface area contributed by atoms with E-state index in [0.717, 1.165) is 53.9 Å². The van der Waals surface area contributed by atoms with Gasteiger partial charge < -0.3 is 9.88 Å². The van der Waals surface area contributed by atoms with E-state index < -0.39 is 0 Å². The smallest absolute Gasteiger partial charge is 0.224 e. The van der Waals surface area contributed by atoms with Gasteiger partial charge in [-0.25, -0.2) is 4.98 Å². The van der Waals surface area contributed by atoms with E-state index in [1.54, 1.807) is 0 Å². The number of aromatic amines is 1. The second-order valence-electron chi connectivity index (χ2n) is 10.1. The molecule has 0 saturated carbocycles. The van der Waals surface area contributed by atoms with Crippen LogP contribution >= 0.6 is 12.6 Å². The molecule has 1 atom stereocenters. The normalized spacial score (nSPS) is 12.1. The molecule has 0 saturated heterocycles. The maximum Gasteiger partial charge on any atom is 0.224 e. The summed E-state index contributed by atoms with van der Waals surface area (Å²) < 4.78 is 2.25. The maximum atomic E-state index is 12.8. The summed E-state index contributed by atoms with van der Waals surface area (Å²) >= 11 is 4.41. The van der Waals surface area contributed by atoms with Gasteiger partial charge in [0, 0.05) is 30.2 Å². The third kappa shape index (κ3) is 6.89. The van der Waals surface area contributed by atoms with Gasteiger partial charge in [0.25, 0.3) is 0 Å². The second-order valence-corrected chi connectivity index (χ2v) is 10.4. The Kier molecular flexibility index (Phi) is 9.70. The highest BCUT2D eigenvalue weighted by molar-refractivity contribution is 7.80. The van der Waals surface area contributed by atoms with E-state index in [-0.39, 0.29) is 11.8 Å². The van der Waals surface area contributed by atoms with Crippen molar-refractivity contribution in [1.82, 2.24) is 35.5 Å². The summed E-state index contributed by atoms with van der Waals surface area (Å²) in [7, 11) is 0. The van der Waals surface area contributed by atoms with Crippen molar-refractivity contribution in [1.29, 1.82) is 0 Å². The van der Waals surface area contributed by atoms with Crippen LogP contribution in [0.25, 0.3) is 22.5 Å². The van der Waals surface area contributed by atoms with Gasteiger partial charge in [-0.1, -0.05) is 75.7 Å². The molecule has 8 nitrogen and oxygen atoms in total. The van der Waals surface area contributed by atoms with Gasteiger partial charge >= 0.3 is 0 Å². The van der Waals surface area contributed by atoms with Crippen LogP contribution in [-0.4, -0.2) is 41.8 Å². The van der Waals surface area contributed by atoms with Crippen molar-refractivity contribution in [3.63, 3.8) is 0 Å². The minimum Gasteiger partial charge on any atom is -0.350 e. The molecule has 4 aromatic rings. The number of carbonyl (C=O) groups is 1. The standard InChI is InChI=1S/C29H37N7OS/c1-4-5-10-27-30-16-24(17-31-29(37)23(19-38)15-20(2)3)36(27)18-21-11-13-22(14-12-21)25-8-6-7-9-26(25)28-32-34-35-33-28/h6-9,11-14,16,20,23,38H,4-5,10,15,17-19H2,1-3H3,(H,31,37)(H,32,33,34,35)/t23-/m1/s1. The molecule has 1 amide bonds. The lowest BCUT2D eigenvalue weighted by atomic mass is 9.98. The fourth-order valence-corrected chi connectivity index (χ4v) is 4.97. The topological polar surface area (TPSA) is 101 Å². The largest absolute Gasteiger partial charge is 0.350 e. The average molecular weight is 532 g/mol. The maximum absolute atomic E-state index is 12.8. The van der Waals surface area contributed by atoms with Crippen LogP contribution in [0.4, 0.5) is 0 Å². The first-order chi connectivity index (χ1) is 18.5. The van der Waals surface area contributed by atoms with Crippen molar-refractivity contribution in [2.45, 2.75) is 59.5 Å². The van der Waals surface area contributed by atoms with E-state index in [1.807, 2.05) is 24.4 Å². The molecule has 0 radical (unpaired) electrons. The summed E-state index contributed by atoms with van der Waals surface area (Å²) in [6.07, 6.45) is 5.82. The number of hydrogen-bond donors (Lipinski definition) is 3. The molecular weight excluding hydrogens is 494 g/mol. The van der Waals surface area contributed by atoms with Gasteiger partial charge in [-0.05, 0) is 40.7 Å². The summed E-state index contributed by atoms with van der Waals surface area (Å²) in [5.74, 6) is 2.59. The average Bonchev–Trinajstić information content (AvgIpc) is 3.60. The Hall–Kier alpha value is -3.46. The molecule has 9 heteroatoms. The summed E-state index contributed by atoms with van der Waals surface area (Å²) in [6.45, 7) is 7.60. The second kappa shape index (κ2) is 13.4. The van der Waals surface area contributed by atoms with Crippen LogP contribution in [0.5, 0.6) is 0 Å². The predicted molar refractivity (Wildman–Crippen MR) is 154 cm³/mol. The number of imidazole rings is 1. The zero-order valence-electron chi connectivity index (χ0n) is 22.4. The van der Waals surface area contributed by atoms with E-state index in [9.17, 15) is 4.79 Å². The molecule has 38 heavy (non-hydrogen) atoms. The van der Waals surface area contributed by atoms with Gasteiger partial charge in [-0.3, -0.25) is 4.79 Å². The molecule has 0 aliphatic rings. The van der Waals surface area contributed by atoms with Crippen molar-refractivity contribution in [2.24, 2.45) is 11.8 Å². The molecule has 0 fully saturated rings. The monoisotopic (exact) mass is 531 g/mol. The van der Waals surface area contributed by atoms with Gasteiger partial charge in [0.2, 0.25) is 11.7 Å². The zero-order chi connectivity index (χ0) is 26.9. The number of benzene rings is 2.